The van der Waals surface area contributed by atoms with Gasteiger partial charge in [0, 0.05) is 12.1 Å². The lowest BCUT2D eigenvalue weighted by Gasteiger charge is -2.13. The summed E-state index contributed by atoms with van der Waals surface area (Å²) in [6.07, 6.45) is 2.91. The van der Waals surface area contributed by atoms with Crippen molar-refractivity contribution in [2.45, 2.75) is 32.9 Å². The fraction of sp³-hybridized carbons (Fsp3) is 0.200. The van der Waals surface area contributed by atoms with E-state index in [1.165, 1.54) is 0 Å². The van der Waals surface area contributed by atoms with Crippen LogP contribution in [0.15, 0.2) is 72.8 Å². The Balaban J connectivity index is 1.62. The number of aromatic nitrogens is 2. The predicted molar refractivity (Wildman–Crippen MR) is 120 cm³/mol. The van der Waals surface area contributed by atoms with Crippen molar-refractivity contribution in [1.29, 1.82) is 0 Å². The number of esters is 1. The topological polar surface area (TPSA) is 70.1 Å². The molecule has 0 bridgehead atoms. The van der Waals surface area contributed by atoms with Gasteiger partial charge in [-0.1, -0.05) is 61.9 Å². The number of nitrogen functional groups attached to an aromatic ring is 1. The number of carbonyl (C=O) groups is 1. The maximum Gasteiger partial charge on any atom is 0.340 e. The third-order valence-corrected chi connectivity index (χ3v) is 5.16. The van der Waals surface area contributed by atoms with Gasteiger partial charge in [0.15, 0.2) is 6.73 Å². The van der Waals surface area contributed by atoms with Gasteiger partial charge in [0.2, 0.25) is 0 Å². The first kappa shape index (κ1) is 19.7. The molecule has 0 saturated heterocycles. The molecule has 5 heteroatoms. The number of nitrogens with two attached hydrogens (primary N) is 1. The van der Waals surface area contributed by atoms with E-state index in [2.05, 4.69) is 6.92 Å². The van der Waals surface area contributed by atoms with Gasteiger partial charge in [0.25, 0.3) is 0 Å². The quantitative estimate of drug-likeness (QED) is 0.332. The molecule has 0 aliphatic rings. The second-order valence-corrected chi connectivity index (χ2v) is 7.28. The molecule has 5 nitrogen and oxygen atoms in total. The summed E-state index contributed by atoms with van der Waals surface area (Å²) in [5.41, 5.74) is 10.8. The Hall–Kier alpha value is -3.60. The summed E-state index contributed by atoms with van der Waals surface area (Å²) in [4.78, 5) is 17.7. The molecule has 0 spiro atoms. The van der Waals surface area contributed by atoms with Crippen LogP contribution < -0.4 is 5.73 Å². The fourth-order valence-corrected chi connectivity index (χ4v) is 3.59. The number of imidazole rings is 1. The van der Waals surface area contributed by atoms with Crippen LogP contribution in [0.4, 0.5) is 5.69 Å². The second kappa shape index (κ2) is 8.82. The molecular formula is C25H25N3O2. The Kier molecular flexibility index (Phi) is 5.80. The molecule has 0 atom stereocenters. The molecule has 3 aromatic carbocycles. The first-order chi connectivity index (χ1) is 14.7. The molecule has 0 radical (unpaired) electrons. The molecule has 30 heavy (non-hydrogen) atoms. The third-order valence-electron chi connectivity index (χ3n) is 5.16. The van der Waals surface area contributed by atoms with Gasteiger partial charge in [-0.15, -0.1) is 0 Å². The summed E-state index contributed by atoms with van der Waals surface area (Å²) < 4.78 is 7.70. The normalized spacial score (nSPS) is 11.0. The highest BCUT2D eigenvalue weighted by Gasteiger charge is 2.16. The SMILES string of the molecule is CCCCc1nc2ccc(N)cc2n1COC(=O)c1ccccc1-c1ccccc1. The Morgan fingerprint density at radius 1 is 1.03 bits per heavy atom. The maximum absolute atomic E-state index is 13.0. The standard InChI is InChI=1S/C25H25N3O2/c1-2-3-13-24-27-22-15-14-19(26)16-23(22)28(24)17-30-25(29)21-12-8-7-11-20(21)18-9-5-4-6-10-18/h4-12,14-16H,2-3,13,17,26H2,1H3. The zero-order valence-corrected chi connectivity index (χ0v) is 17.0. The van der Waals surface area contributed by atoms with Crippen LogP contribution in [-0.4, -0.2) is 15.5 Å². The van der Waals surface area contributed by atoms with E-state index in [0.717, 1.165) is 47.2 Å². The number of benzene rings is 3. The summed E-state index contributed by atoms with van der Waals surface area (Å²) in [5.74, 6) is 0.545. The Bertz CT molecular complexity index is 1170. The zero-order chi connectivity index (χ0) is 20.9. The molecular weight excluding hydrogens is 374 g/mol. The van der Waals surface area contributed by atoms with Gasteiger partial charge in [0.1, 0.15) is 5.82 Å². The van der Waals surface area contributed by atoms with Crippen LogP contribution in [-0.2, 0) is 17.9 Å². The highest BCUT2D eigenvalue weighted by Crippen LogP contribution is 2.25. The van der Waals surface area contributed by atoms with Gasteiger partial charge in [-0.2, -0.15) is 0 Å². The molecule has 0 unspecified atom stereocenters. The minimum atomic E-state index is -0.360. The summed E-state index contributed by atoms with van der Waals surface area (Å²) in [6, 6.07) is 23.0. The van der Waals surface area contributed by atoms with Crippen molar-refractivity contribution >= 4 is 22.7 Å². The van der Waals surface area contributed by atoms with E-state index in [9.17, 15) is 4.79 Å². The molecule has 0 saturated carbocycles. The molecule has 1 heterocycles. The number of nitrogens with zero attached hydrogens (tertiary/aromatic N) is 2. The van der Waals surface area contributed by atoms with Crippen LogP contribution >= 0.6 is 0 Å². The first-order valence-corrected chi connectivity index (χ1v) is 10.2. The molecule has 2 N–H and O–H groups in total. The summed E-state index contributed by atoms with van der Waals surface area (Å²) in [7, 11) is 0. The average molecular weight is 399 g/mol. The highest BCUT2D eigenvalue weighted by molar-refractivity contribution is 5.97. The molecule has 4 aromatic rings. The number of rotatable bonds is 7. The molecule has 0 fully saturated rings. The molecule has 0 aliphatic heterocycles. The minimum absolute atomic E-state index is 0.0982. The van der Waals surface area contributed by atoms with Crippen molar-refractivity contribution < 1.29 is 9.53 Å². The van der Waals surface area contributed by atoms with E-state index < -0.39 is 0 Å². The van der Waals surface area contributed by atoms with E-state index >= 15 is 0 Å². The molecule has 4 rings (SSSR count). The Morgan fingerprint density at radius 2 is 1.80 bits per heavy atom. The predicted octanol–water partition coefficient (Wildman–Crippen LogP) is 5.44. The largest absolute Gasteiger partial charge is 0.440 e. The van der Waals surface area contributed by atoms with Gasteiger partial charge < -0.3 is 10.5 Å². The number of carbonyl (C=O) groups excluding carboxylic acids is 1. The van der Waals surface area contributed by atoms with Crippen molar-refractivity contribution in [3.05, 3.63) is 84.2 Å². The number of anilines is 1. The number of hydrogen-bond acceptors (Lipinski definition) is 4. The van der Waals surface area contributed by atoms with E-state index in [1.807, 2.05) is 71.3 Å². The third kappa shape index (κ3) is 4.06. The molecule has 1 aromatic heterocycles. The van der Waals surface area contributed by atoms with Crippen LogP contribution in [0, 0.1) is 0 Å². The van der Waals surface area contributed by atoms with Crippen molar-refractivity contribution in [2.24, 2.45) is 0 Å². The van der Waals surface area contributed by atoms with Crippen LogP contribution in [0.5, 0.6) is 0 Å². The highest BCUT2D eigenvalue weighted by atomic mass is 16.5. The van der Waals surface area contributed by atoms with E-state index in [0.29, 0.717) is 11.3 Å². The Labute approximate surface area is 176 Å². The second-order valence-electron chi connectivity index (χ2n) is 7.28. The minimum Gasteiger partial charge on any atom is -0.440 e. The van der Waals surface area contributed by atoms with Crippen LogP contribution in [0.3, 0.4) is 0 Å². The van der Waals surface area contributed by atoms with Gasteiger partial charge in [0.05, 0.1) is 16.6 Å². The van der Waals surface area contributed by atoms with Crippen LogP contribution in [0.1, 0.15) is 35.9 Å². The monoisotopic (exact) mass is 399 g/mol. The number of ether oxygens (including phenoxy) is 1. The van der Waals surface area contributed by atoms with Crippen molar-refractivity contribution in [2.75, 3.05) is 5.73 Å². The number of unbranched alkanes of at least 4 members (excludes halogenated alkanes) is 1. The van der Waals surface area contributed by atoms with Gasteiger partial charge in [-0.3, -0.25) is 4.57 Å². The maximum atomic E-state index is 13.0. The van der Waals surface area contributed by atoms with Gasteiger partial charge >= 0.3 is 5.97 Å². The molecule has 152 valence electrons. The Morgan fingerprint density at radius 3 is 2.60 bits per heavy atom. The lowest BCUT2D eigenvalue weighted by Crippen LogP contribution is -2.13. The summed E-state index contributed by atoms with van der Waals surface area (Å²) in [6.45, 7) is 2.24. The number of hydrogen-bond donors (Lipinski definition) is 1. The zero-order valence-electron chi connectivity index (χ0n) is 17.0. The van der Waals surface area contributed by atoms with Crippen molar-refractivity contribution in [1.82, 2.24) is 9.55 Å². The van der Waals surface area contributed by atoms with Crippen molar-refractivity contribution in [3.63, 3.8) is 0 Å². The fourth-order valence-electron chi connectivity index (χ4n) is 3.59. The van der Waals surface area contributed by atoms with Crippen molar-refractivity contribution in [3.8, 4) is 11.1 Å². The van der Waals surface area contributed by atoms with E-state index in [1.54, 1.807) is 6.07 Å². The lowest BCUT2D eigenvalue weighted by molar-refractivity contribution is 0.0375. The molecule has 0 amide bonds. The van der Waals surface area contributed by atoms with E-state index in [-0.39, 0.29) is 12.7 Å². The van der Waals surface area contributed by atoms with Gasteiger partial charge in [-0.25, -0.2) is 9.78 Å². The first-order valence-electron chi connectivity index (χ1n) is 10.2. The molecule has 0 aliphatic carbocycles. The van der Waals surface area contributed by atoms with Gasteiger partial charge in [-0.05, 0) is 41.8 Å². The smallest absolute Gasteiger partial charge is 0.340 e. The lowest BCUT2D eigenvalue weighted by atomic mass is 10.00. The summed E-state index contributed by atoms with van der Waals surface area (Å²) >= 11 is 0. The number of fused-ring (bicyclic) bond motifs is 1. The summed E-state index contributed by atoms with van der Waals surface area (Å²) in [5, 5.41) is 0. The average Bonchev–Trinajstić information content (AvgIpc) is 3.13. The number of aryl methyl sites for hydroxylation is 1. The van der Waals surface area contributed by atoms with E-state index in [4.69, 9.17) is 15.5 Å². The van der Waals surface area contributed by atoms with Crippen LogP contribution in [0.25, 0.3) is 22.2 Å². The van der Waals surface area contributed by atoms with Crippen LogP contribution in [0.2, 0.25) is 0 Å².